The second-order valence-electron chi connectivity index (χ2n) is 5.11. The molecule has 3 rings (SSSR count). The van der Waals surface area contributed by atoms with Crippen molar-refractivity contribution in [2.24, 2.45) is 12.8 Å². The Bertz CT molecular complexity index is 835. The van der Waals surface area contributed by atoms with E-state index >= 15 is 0 Å². The number of hydrogen-bond donors (Lipinski definition) is 2. The van der Waals surface area contributed by atoms with E-state index in [2.05, 4.69) is 0 Å². The quantitative estimate of drug-likeness (QED) is 0.431. The van der Waals surface area contributed by atoms with Gasteiger partial charge in [-0.05, 0) is 12.1 Å². The lowest BCUT2D eigenvalue weighted by Crippen LogP contribution is -2.26. The fourth-order valence-electron chi connectivity index (χ4n) is 2.39. The molecule has 4 nitrogen and oxygen atoms in total. The molecule has 106 valence electrons. The van der Waals surface area contributed by atoms with Crippen molar-refractivity contribution in [1.29, 1.82) is 5.41 Å². The van der Waals surface area contributed by atoms with Gasteiger partial charge in [0, 0.05) is 28.8 Å². The number of aromatic nitrogens is 2. The Kier molecular flexibility index (Phi) is 3.17. The summed E-state index contributed by atoms with van der Waals surface area (Å²) in [5.74, 6) is -0.469. The van der Waals surface area contributed by atoms with Crippen molar-refractivity contribution in [1.82, 2.24) is 4.57 Å². The Morgan fingerprint density at radius 2 is 2.14 bits per heavy atom. The van der Waals surface area contributed by atoms with Gasteiger partial charge in [-0.1, -0.05) is 12.1 Å². The summed E-state index contributed by atoms with van der Waals surface area (Å²) in [7, 11) is 1.96. The molecule has 0 aliphatic rings. The Hall–Kier alpha value is -2.69. The van der Waals surface area contributed by atoms with Crippen LogP contribution in [0.1, 0.15) is 11.1 Å². The minimum absolute atomic E-state index is 0.126. The lowest BCUT2D eigenvalue weighted by Gasteiger charge is -2.07. The summed E-state index contributed by atoms with van der Waals surface area (Å²) < 4.78 is 18.1. The minimum atomic E-state index is -0.343. The van der Waals surface area contributed by atoms with Gasteiger partial charge in [-0.15, -0.1) is 0 Å². The monoisotopic (exact) mass is 283 g/mol. The Balaban J connectivity index is 1.99. The third-order valence-corrected chi connectivity index (χ3v) is 3.56. The van der Waals surface area contributed by atoms with Gasteiger partial charge in [0.25, 0.3) is 0 Å². The molecule has 0 spiro atoms. The molecule has 3 N–H and O–H groups in total. The van der Waals surface area contributed by atoms with Crippen LogP contribution in [0.2, 0.25) is 0 Å². The number of nitrogens with two attached hydrogens (primary N) is 1. The molecule has 0 saturated heterocycles. The highest BCUT2D eigenvalue weighted by Crippen LogP contribution is 2.17. The molecule has 0 bridgehead atoms. The number of nitrogen functional groups attached to an aromatic ring is 1. The molecule has 2 aromatic heterocycles. The minimum Gasteiger partial charge on any atom is -0.384 e. The summed E-state index contributed by atoms with van der Waals surface area (Å²) in [6, 6.07) is 8.70. The molecule has 0 aliphatic heterocycles. The highest BCUT2D eigenvalue weighted by molar-refractivity contribution is 5.94. The van der Waals surface area contributed by atoms with Crippen molar-refractivity contribution in [3.63, 3.8) is 0 Å². The normalized spacial score (nSPS) is 11.0. The van der Waals surface area contributed by atoms with Gasteiger partial charge in [0.15, 0.2) is 12.4 Å². The molecule has 3 aromatic rings. The zero-order chi connectivity index (χ0) is 15.0. The van der Waals surface area contributed by atoms with Crippen molar-refractivity contribution in [3.8, 4) is 0 Å². The van der Waals surface area contributed by atoms with Crippen molar-refractivity contribution < 1.29 is 8.96 Å². The summed E-state index contributed by atoms with van der Waals surface area (Å²) in [6.45, 7) is 0.442. The van der Waals surface area contributed by atoms with Crippen LogP contribution in [-0.2, 0) is 13.6 Å². The third-order valence-electron chi connectivity index (χ3n) is 3.56. The van der Waals surface area contributed by atoms with Gasteiger partial charge < -0.3 is 10.3 Å². The van der Waals surface area contributed by atoms with E-state index in [4.69, 9.17) is 11.1 Å². The van der Waals surface area contributed by atoms with E-state index in [1.807, 2.05) is 46.9 Å². The van der Waals surface area contributed by atoms with Gasteiger partial charge in [0.2, 0.25) is 0 Å². The largest absolute Gasteiger partial charge is 0.384 e. The van der Waals surface area contributed by atoms with Crippen molar-refractivity contribution >= 4 is 16.7 Å². The van der Waals surface area contributed by atoms with Crippen LogP contribution >= 0.6 is 0 Å². The number of aryl methyl sites for hydroxylation is 1. The lowest BCUT2D eigenvalue weighted by molar-refractivity contribution is -0.670. The molecular weight excluding hydrogens is 267 g/mol. The fourth-order valence-corrected chi connectivity index (χ4v) is 2.39. The van der Waals surface area contributed by atoms with Crippen LogP contribution in [0.4, 0.5) is 4.39 Å². The molecule has 0 fully saturated rings. The van der Waals surface area contributed by atoms with Gasteiger partial charge in [0.05, 0.1) is 6.54 Å². The van der Waals surface area contributed by atoms with Gasteiger partial charge in [-0.3, -0.25) is 5.41 Å². The lowest BCUT2D eigenvalue weighted by atomic mass is 10.1. The number of halogens is 1. The van der Waals surface area contributed by atoms with E-state index in [9.17, 15) is 4.39 Å². The molecule has 0 unspecified atom stereocenters. The number of pyridine rings is 1. The van der Waals surface area contributed by atoms with Gasteiger partial charge in [-0.25, -0.2) is 8.96 Å². The van der Waals surface area contributed by atoms with Gasteiger partial charge in [-0.2, -0.15) is 0 Å². The average molecular weight is 283 g/mol. The number of fused-ring (bicyclic) bond motifs is 1. The van der Waals surface area contributed by atoms with E-state index < -0.39 is 0 Å². The number of benzene rings is 1. The first-order valence-corrected chi connectivity index (χ1v) is 6.61. The van der Waals surface area contributed by atoms with Crippen LogP contribution in [0.25, 0.3) is 10.9 Å². The molecule has 2 heterocycles. The molecule has 0 atom stereocenters. The number of amidine groups is 1. The smallest absolute Gasteiger partial charge is 0.193 e. The summed E-state index contributed by atoms with van der Waals surface area (Å²) in [6.07, 6.45) is 5.94. The first-order valence-electron chi connectivity index (χ1n) is 6.61. The highest BCUT2D eigenvalue weighted by atomic mass is 19.1. The fraction of sp³-hybridized carbons (Fsp3) is 0.125. The predicted molar refractivity (Wildman–Crippen MR) is 79.6 cm³/mol. The zero-order valence-electron chi connectivity index (χ0n) is 11.7. The van der Waals surface area contributed by atoms with Crippen LogP contribution < -0.4 is 10.3 Å². The summed E-state index contributed by atoms with van der Waals surface area (Å²) >= 11 is 0. The van der Waals surface area contributed by atoms with Gasteiger partial charge in [0.1, 0.15) is 24.2 Å². The van der Waals surface area contributed by atoms with Crippen LogP contribution in [0.15, 0.2) is 48.9 Å². The highest BCUT2D eigenvalue weighted by Gasteiger charge is 2.09. The van der Waals surface area contributed by atoms with Crippen LogP contribution in [0.5, 0.6) is 0 Å². The predicted octanol–water partition coefficient (Wildman–Crippen LogP) is 1.94. The Labute approximate surface area is 121 Å². The topological polar surface area (TPSA) is 58.7 Å². The molecule has 0 saturated carbocycles. The standard InChI is InChI=1S/C16H16FN4/c1-20-6-4-11-5-7-21(15(11)10-20)9-13-3-2-12(16(18)19)8-14(13)17/h2-8,10H,9H2,1H3,(H3,18,19)/q+1. The van der Waals surface area contributed by atoms with Crippen molar-refractivity contribution in [3.05, 3.63) is 65.9 Å². The Morgan fingerprint density at radius 1 is 1.33 bits per heavy atom. The summed E-state index contributed by atoms with van der Waals surface area (Å²) in [5.41, 5.74) is 7.40. The second-order valence-corrected chi connectivity index (χ2v) is 5.11. The number of rotatable bonds is 3. The van der Waals surface area contributed by atoms with Crippen LogP contribution in [-0.4, -0.2) is 10.4 Å². The van der Waals surface area contributed by atoms with E-state index in [1.54, 1.807) is 12.1 Å². The first-order chi connectivity index (χ1) is 10.0. The molecule has 0 amide bonds. The van der Waals surface area contributed by atoms with Crippen molar-refractivity contribution in [2.75, 3.05) is 0 Å². The number of nitrogens with zero attached hydrogens (tertiary/aromatic N) is 2. The van der Waals surface area contributed by atoms with E-state index in [0.717, 1.165) is 10.9 Å². The van der Waals surface area contributed by atoms with Gasteiger partial charge >= 0.3 is 0 Å². The maximum Gasteiger partial charge on any atom is 0.193 e. The molecule has 0 radical (unpaired) electrons. The van der Waals surface area contributed by atoms with E-state index in [-0.39, 0.29) is 11.7 Å². The third kappa shape index (κ3) is 2.50. The molecule has 21 heavy (non-hydrogen) atoms. The molecule has 5 heteroatoms. The maximum absolute atomic E-state index is 14.1. The number of hydrogen-bond acceptors (Lipinski definition) is 1. The summed E-state index contributed by atoms with van der Waals surface area (Å²) in [5, 5.41) is 8.45. The molecule has 1 aromatic carbocycles. The maximum atomic E-state index is 14.1. The van der Waals surface area contributed by atoms with E-state index in [1.165, 1.54) is 6.07 Å². The number of nitrogens with one attached hydrogen (secondary N) is 1. The van der Waals surface area contributed by atoms with Crippen molar-refractivity contribution in [2.45, 2.75) is 6.54 Å². The SMILES string of the molecule is C[n+]1ccc2ccn(Cc3ccc(C(=N)N)cc3F)c2c1. The van der Waals surface area contributed by atoms with E-state index in [0.29, 0.717) is 17.7 Å². The molecular formula is C16H16FN4+. The van der Waals surface area contributed by atoms with Crippen LogP contribution in [0, 0.1) is 11.2 Å². The molecule has 0 aliphatic carbocycles. The first kappa shape index (κ1) is 13.3. The zero-order valence-corrected chi connectivity index (χ0v) is 11.7. The Morgan fingerprint density at radius 3 is 2.86 bits per heavy atom. The van der Waals surface area contributed by atoms with Crippen LogP contribution in [0.3, 0.4) is 0 Å². The summed E-state index contributed by atoms with van der Waals surface area (Å²) in [4.78, 5) is 0. The average Bonchev–Trinajstić information content (AvgIpc) is 2.83. The second kappa shape index (κ2) is 5.01.